The molecule has 0 heterocycles. The summed E-state index contributed by atoms with van der Waals surface area (Å²) >= 11 is 0. The molecule has 0 fully saturated rings. The van der Waals surface area contributed by atoms with Crippen LogP contribution >= 0.6 is 0 Å². The van der Waals surface area contributed by atoms with Gasteiger partial charge in [0.25, 0.3) is 0 Å². The summed E-state index contributed by atoms with van der Waals surface area (Å²) in [6.07, 6.45) is 3.45. The molecule has 2 heteroatoms. The van der Waals surface area contributed by atoms with Gasteiger partial charge in [0.1, 0.15) is 0 Å². The van der Waals surface area contributed by atoms with Crippen LogP contribution < -0.4 is 0 Å². The first kappa shape index (κ1) is 14.1. The van der Waals surface area contributed by atoms with Crippen molar-refractivity contribution in [2.24, 2.45) is 11.8 Å². The second kappa shape index (κ2) is 4.99. The molecule has 0 unspecified atom stereocenters. The summed E-state index contributed by atoms with van der Waals surface area (Å²) in [5.74, 6) is 0.223. The normalized spacial score (nSPS) is 17.6. The molecule has 2 nitrogen and oxygen atoms in total. The Labute approximate surface area is 115 Å². The summed E-state index contributed by atoms with van der Waals surface area (Å²) in [7, 11) is 0. The molecule has 0 saturated heterocycles. The highest BCUT2D eigenvalue weighted by Crippen LogP contribution is 2.48. The number of carboxylic acids is 1. The van der Waals surface area contributed by atoms with Gasteiger partial charge in [-0.25, -0.2) is 4.79 Å². The van der Waals surface area contributed by atoms with Gasteiger partial charge < -0.3 is 5.11 Å². The number of benzene rings is 1. The number of rotatable bonds is 3. The van der Waals surface area contributed by atoms with Crippen LogP contribution in [0.4, 0.5) is 0 Å². The van der Waals surface area contributed by atoms with Crippen molar-refractivity contribution in [2.75, 3.05) is 0 Å². The molecule has 0 spiro atoms. The van der Waals surface area contributed by atoms with Gasteiger partial charge in [-0.1, -0.05) is 33.8 Å². The first-order valence-corrected chi connectivity index (χ1v) is 7.26. The number of aryl methyl sites for hydroxylation is 1. The van der Waals surface area contributed by atoms with Crippen LogP contribution in [-0.4, -0.2) is 11.1 Å². The van der Waals surface area contributed by atoms with E-state index >= 15 is 0 Å². The molecule has 1 aromatic rings. The maximum atomic E-state index is 11.2. The van der Waals surface area contributed by atoms with Crippen molar-refractivity contribution in [1.29, 1.82) is 0 Å². The highest BCUT2D eigenvalue weighted by molar-refractivity contribution is 5.88. The highest BCUT2D eigenvalue weighted by atomic mass is 16.4. The molecular formula is C17H24O2. The van der Waals surface area contributed by atoms with Gasteiger partial charge >= 0.3 is 5.97 Å². The standard InChI is InChI=1S/C17H24O2/c1-11(2)17(12(3)4)9-5-6-13-7-8-14(16(18)19)10-15(13)17/h7-8,10-12H,5-6,9H2,1-4H3,(H,18,19). The van der Waals surface area contributed by atoms with Crippen LogP contribution in [0.1, 0.15) is 62.0 Å². The molecule has 0 bridgehead atoms. The van der Waals surface area contributed by atoms with E-state index in [0.717, 1.165) is 6.42 Å². The topological polar surface area (TPSA) is 37.3 Å². The van der Waals surface area contributed by atoms with Crippen LogP contribution in [0.15, 0.2) is 18.2 Å². The number of carbonyl (C=O) groups is 1. The Hall–Kier alpha value is -1.31. The maximum absolute atomic E-state index is 11.2. The average molecular weight is 260 g/mol. The summed E-state index contributed by atoms with van der Waals surface area (Å²) < 4.78 is 0. The second-order valence-electron chi connectivity index (χ2n) is 6.38. The maximum Gasteiger partial charge on any atom is 0.335 e. The van der Waals surface area contributed by atoms with Crippen molar-refractivity contribution in [3.8, 4) is 0 Å². The average Bonchev–Trinajstić information content (AvgIpc) is 2.36. The number of hydrogen-bond acceptors (Lipinski definition) is 1. The van der Waals surface area contributed by atoms with Crippen molar-refractivity contribution in [3.05, 3.63) is 34.9 Å². The Balaban J connectivity index is 2.64. The molecule has 19 heavy (non-hydrogen) atoms. The minimum Gasteiger partial charge on any atom is -0.478 e. The smallest absolute Gasteiger partial charge is 0.335 e. The van der Waals surface area contributed by atoms with E-state index in [2.05, 4.69) is 27.7 Å². The first-order chi connectivity index (χ1) is 8.89. The fourth-order valence-corrected chi connectivity index (χ4v) is 3.93. The van der Waals surface area contributed by atoms with Crippen LogP contribution in [0.3, 0.4) is 0 Å². The van der Waals surface area contributed by atoms with Gasteiger partial charge in [0.05, 0.1) is 5.56 Å². The summed E-state index contributed by atoms with van der Waals surface area (Å²) in [6.45, 7) is 9.07. The van der Waals surface area contributed by atoms with Gasteiger partial charge in [0, 0.05) is 5.41 Å². The van der Waals surface area contributed by atoms with E-state index in [0.29, 0.717) is 17.4 Å². The van der Waals surface area contributed by atoms with Crippen molar-refractivity contribution >= 4 is 5.97 Å². The van der Waals surface area contributed by atoms with Crippen molar-refractivity contribution < 1.29 is 9.90 Å². The SMILES string of the molecule is CC(C)C1(C(C)C)CCCc2ccc(C(=O)O)cc21. The molecule has 0 aliphatic heterocycles. The lowest BCUT2D eigenvalue weighted by atomic mass is 9.58. The fourth-order valence-electron chi connectivity index (χ4n) is 3.93. The molecule has 1 aromatic carbocycles. The summed E-state index contributed by atoms with van der Waals surface area (Å²) in [5, 5.41) is 9.23. The zero-order valence-corrected chi connectivity index (χ0v) is 12.4. The van der Waals surface area contributed by atoms with E-state index in [-0.39, 0.29) is 5.41 Å². The Kier molecular flexibility index (Phi) is 3.71. The predicted octanol–water partition coefficient (Wildman–Crippen LogP) is 4.27. The molecule has 0 atom stereocenters. The van der Waals surface area contributed by atoms with Gasteiger partial charge in [0.2, 0.25) is 0 Å². The molecule has 1 N–H and O–H groups in total. The van der Waals surface area contributed by atoms with Crippen molar-refractivity contribution in [2.45, 2.75) is 52.4 Å². The summed E-state index contributed by atoms with van der Waals surface area (Å²) in [6, 6.07) is 5.70. The van der Waals surface area contributed by atoms with Crippen LogP contribution in [0.25, 0.3) is 0 Å². The van der Waals surface area contributed by atoms with E-state index in [4.69, 9.17) is 0 Å². The monoisotopic (exact) mass is 260 g/mol. The third-order valence-electron chi connectivity index (χ3n) is 4.96. The van der Waals surface area contributed by atoms with Crippen LogP contribution in [0, 0.1) is 11.8 Å². The van der Waals surface area contributed by atoms with Crippen molar-refractivity contribution in [1.82, 2.24) is 0 Å². The van der Waals surface area contributed by atoms with Crippen molar-refractivity contribution in [3.63, 3.8) is 0 Å². The fraction of sp³-hybridized carbons (Fsp3) is 0.588. The zero-order chi connectivity index (χ0) is 14.2. The third kappa shape index (κ3) is 2.18. The van der Waals surface area contributed by atoms with E-state index in [1.165, 1.54) is 24.0 Å². The number of fused-ring (bicyclic) bond motifs is 1. The molecule has 0 radical (unpaired) electrons. The summed E-state index contributed by atoms with van der Waals surface area (Å²) in [5.41, 5.74) is 3.17. The summed E-state index contributed by atoms with van der Waals surface area (Å²) in [4.78, 5) is 11.2. The van der Waals surface area contributed by atoms with Crippen LogP contribution in [-0.2, 0) is 11.8 Å². The van der Waals surface area contributed by atoms with Gasteiger partial charge in [0.15, 0.2) is 0 Å². The number of carboxylic acid groups (broad SMARTS) is 1. The Morgan fingerprint density at radius 2 is 1.84 bits per heavy atom. The van der Waals surface area contributed by atoms with Gasteiger partial charge in [-0.15, -0.1) is 0 Å². The lowest BCUT2D eigenvalue weighted by molar-refractivity contribution is 0.0696. The Morgan fingerprint density at radius 3 is 2.37 bits per heavy atom. The first-order valence-electron chi connectivity index (χ1n) is 7.26. The molecule has 2 rings (SSSR count). The van der Waals surface area contributed by atoms with Gasteiger partial charge in [-0.2, -0.15) is 0 Å². The van der Waals surface area contributed by atoms with Gasteiger partial charge in [-0.3, -0.25) is 0 Å². The lowest BCUT2D eigenvalue weighted by Gasteiger charge is -2.46. The molecule has 1 aliphatic rings. The van der Waals surface area contributed by atoms with Crippen LogP contribution in [0.5, 0.6) is 0 Å². The van der Waals surface area contributed by atoms with Gasteiger partial charge in [-0.05, 0) is 54.4 Å². The molecule has 0 saturated carbocycles. The number of aromatic carboxylic acids is 1. The minimum atomic E-state index is -0.824. The largest absolute Gasteiger partial charge is 0.478 e. The van der Waals surface area contributed by atoms with E-state index < -0.39 is 5.97 Å². The Bertz CT molecular complexity index is 478. The Morgan fingerprint density at radius 1 is 1.21 bits per heavy atom. The van der Waals surface area contributed by atoms with E-state index in [9.17, 15) is 9.90 Å². The third-order valence-corrected chi connectivity index (χ3v) is 4.96. The zero-order valence-electron chi connectivity index (χ0n) is 12.4. The predicted molar refractivity (Wildman–Crippen MR) is 77.7 cm³/mol. The second-order valence-corrected chi connectivity index (χ2v) is 6.38. The van der Waals surface area contributed by atoms with E-state index in [1.807, 2.05) is 12.1 Å². The molecular weight excluding hydrogens is 236 g/mol. The molecule has 0 amide bonds. The minimum absolute atomic E-state index is 0.124. The quantitative estimate of drug-likeness (QED) is 0.881. The highest BCUT2D eigenvalue weighted by Gasteiger charge is 2.42. The lowest BCUT2D eigenvalue weighted by Crippen LogP contribution is -2.41. The van der Waals surface area contributed by atoms with E-state index in [1.54, 1.807) is 6.07 Å². The number of hydrogen-bond donors (Lipinski definition) is 1. The van der Waals surface area contributed by atoms with Crippen LogP contribution in [0.2, 0.25) is 0 Å². The molecule has 104 valence electrons. The molecule has 0 aromatic heterocycles. The molecule has 1 aliphatic carbocycles.